The van der Waals surface area contributed by atoms with E-state index < -0.39 is 22.8 Å². The Hall–Kier alpha value is -3.75. The molecule has 1 aliphatic heterocycles. The summed E-state index contributed by atoms with van der Waals surface area (Å²) in [6, 6.07) is 8.04. The number of ketones is 1. The topological polar surface area (TPSA) is 119 Å². The number of carbonyl (C=O) groups is 3. The lowest BCUT2D eigenvalue weighted by Crippen LogP contribution is -2.49. The van der Waals surface area contributed by atoms with Crippen LogP contribution in [0.2, 0.25) is 0 Å². The van der Waals surface area contributed by atoms with Crippen LogP contribution < -0.4 is 15.0 Å². The highest BCUT2D eigenvalue weighted by atomic mass is 16.6. The lowest BCUT2D eigenvalue weighted by atomic mass is 10.1. The van der Waals surface area contributed by atoms with Gasteiger partial charge in [0.25, 0.3) is 11.6 Å². The van der Waals surface area contributed by atoms with E-state index in [0.717, 1.165) is 0 Å². The first-order valence-electron chi connectivity index (χ1n) is 8.84. The summed E-state index contributed by atoms with van der Waals surface area (Å²) >= 11 is 0. The zero-order valence-corrected chi connectivity index (χ0v) is 16.1. The number of aryl methyl sites for hydroxylation is 1. The van der Waals surface area contributed by atoms with Crippen LogP contribution in [0.15, 0.2) is 36.4 Å². The number of nitro groups is 1. The minimum Gasteiger partial charge on any atom is -0.482 e. The van der Waals surface area contributed by atoms with Gasteiger partial charge in [0.15, 0.2) is 12.4 Å². The number of anilines is 2. The van der Waals surface area contributed by atoms with Crippen LogP contribution in [0.1, 0.15) is 29.8 Å². The van der Waals surface area contributed by atoms with Gasteiger partial charge in [0.05, 0.1) is 10.6 Å². The molecule has 1 atom stereocenters. The smallest absolute Gasteiger partial charge is 0.272 e. The largest absolute Gasteiger partial charge is 0.482 e. The van der Waals surface area contributed by atoms with Crippen molar-refractivity contribution in [1.29, 1.82) is 0 Å². The highest BCUT2D eigenvalue weighted by Crippen LogP contribution is 2.34. The molecule has 0 saturated heterocycles. The zero-order valence-electron chi connectivity index (χ0n) is 16.1. The molecule has 0 saturated carbocycles. The van der Waals surface area contributed by atoms with Crippen molar-refractivity contribution in [1.82, 2.24) is 0 Å². The number of rotatable bonds is 5. The van der Waals surface area contributed by atoms with Crippen LogP contribution in [0.4, 0.5) is 17.1 Å². The fourth-order valence-corrected chi connectivity index (χ4v) is 3.12. The molecule has 0 aliphatic carbocycles. The molecule has 1 unspecified atom stereocenters. The van der Waals surface area contributed by atoms with Crippen molar-refractivity contribution in [3.63, 3.8) is 0 Å². The highest BCUT2D eigenvalue weighted by Gasteiger charge is 2.33. The van der Waals surface area contributed by atoms with Crippen LogP contribution in [-0.2, 0) is 9.59 Å². The summed E-state index contributed by atoms with van der Waals surface area (Å²) < 4.78 is 5.40. The maximum Gasteiger partial charge on any atom is 0.272 e. The molecule has 2 aromatic carbocycles. The molecule has 0 spiro atoms. The predicted octanol–water partition coefficient (Wildman–Crippen LogP) is 2.86. The Kier molecular flexibility index (Phi) is 5.31. The van der Waals surface area contributed by atoms with Crippen LogP contribution in [0.5, 0.6) is 5.75 Å². The van der Waals surface area contributed by atoms with Crippen LogP contribution in [-0.4, -0.2) is 35.2 Å². The molecule has 2 amide bonds. The summed E-state index contributed by atoms with van der Waals surface area (Å²) in [7, 11) is 0. The Morgan fingerprint density at radius 3 is 2.59 bits per heavy atom. The number of nitrogens with one attached hydrogen (secondary N) is 1. The second kappa shape index (κ2) is 7.70. The van der Waals surface area contributed by atoms with Gasteiger partial charge in [-0.1, -0.05) is 0 Å². The molecule has 3 rings (SSSR count). The van der Waals surface area contributed by atoms with Gasteiger partial charge >= 0.3 is 0 Å². The third kappa shape index (κ3) is 3.93. The van der Waals surface area contributed by atoms with Gasteiger partial charge < -0.3 is 10.1 Å². The Morgan fingerprint density at radius 1 is 1.24 bits per heavy atom. The van der Waals surface area contributed by atoms with Gasteiger partial charge in [-0.25, -0.2) is 0 Å². The maximum atomic E-state index is 12.8. The molecule has 1 N–H and O–H groups in total. The Morgan fingerprint density at radius 2 is 1.97 bits per heavy atom. The maximum absolute atomic E-state index is 12.8. The third-order valence-electron chi connectivity index (χ3n) is 4.67. The van der Waals surface area contributed by atoms with Gasteiger partial charge in [-0.3, -0.25) is 29.4 Å². The first kappa shape index (κ1) is 20.0. The monoisotopic (exact) mass is 397 g/mol. The van der Waals surface area contributed by atoms with Crippen LogP contribution in [0, 0.1) is 17.0 Å². The number of hydrogen-bond donors (Lipinski definition) is 1. The second-order valence-corrected chi connectivity index (χ2v) is 6.71. The van der Waals surface area contributed by atoms with Crippen molar-refractivity contribution in [3.05, 3.63) is 57.6 Å². The van der Waals surface area contributed by atoms with E-state index in [4.69, 9.17) is 4.74 Å². The van der Waals surface area contributed by atoms with Gasteiger partial charge in [-0.15, -0.1) is 0 Å². The number of fused-ring (bicyclic) bond motifs is 1. The summed E-state index contributed by atoms with van der Waals surface area (Å²) in [5, 5.41) is 13.6. The summed E-state index contributed by atoms with van der Waals surface area (Å²) in [6.07, 6.45) is 0. The SMILES string of the molecule is CC(=O)c1ccc2c(c1)N(C(C)C(=O)Nc1ccc([N+](=O)[O-])c(C)c1)C(=O)CO2. The van der Waals surface area contributed by atoms with Crippen LogP contribution >= 0.6 is 0 Å². The van der Waals surface area contributed by atoms with E-state index in [1.165, 1.54) is 36.1 Å². The molecule has 9 heteroatoms. The zero-order chi connectivity index (χ0) is 21.3. The highest BCUT2D eigenvalue weighted by molar-refractivity contribution is 6.08. The first-order valence-corrected chi connectivity index (χ1v) is 8.84. The predicted molar refractivity (Wildman–Crippen MR) is 105 cm³/mol. The molecule has 0 aromatic heterocycles. The average molecular weight is 397 g/mol. The lowest BCUT2D eigenvalue weighted by Gasteiger charge is -2.33. The molecule has 150 valence electrons. The number of benzene rings is 2. The Balaban J connectivity index is 1.87. The lowest BCUT2D eigenvalue weighted by molar-refractivity contribution is -0.385. The van der Waals surface area contributed by atoms with Gasteiger partial charge in [0.2, 0.25) is 5.91 Å². The molecule has 0 radical (unpaired) electrons. The van der Waals surface area contributed by atoms with Crippen molar-refractivity contribution < 1.29 is 24.0 Å². The first-order chi connectivity index (χ1) is 13.7. The van der Waals surface area contributed by atoms with E-state index in [9.17, 15) is 24.5 Å². The van der Waals surface area contributed by atoms with E-state index in [1.807, 2.05) is 0 Å². The molecule has 1 heterocycles. The minimum absolute atomic E-state index is 0.0508. The van der Waals surface area contributed by atoms with E-state index in [2.05, 4.69) is 5.32 Å². The number of Topliss-reactive ketones (excluding diaryl/α,β-unsaturated/α-hetero) is 1. The van der Waals surface area contributed by atoms with Crippen LogP contribution in [0.3, 0.4) is 0 Å². The summed E-state index contributed by atoms with van der Waals surface area (Å²) in [4.78, 5) is 48.7. The summed E-state index contributed by atoms with van der Waals surface area (Å²) in [5.41, 5.74) is 1.47. The van der Waals surface area contributed by atoms with Gasteiger partial charge in [-0.05, 0) is 51.1 Å². The third-order valence-corrected chi connectivity index (χ3v) is 4.67. The molecule has 9 nitrogen and oxygen atoms in total. The molecule has 0 fully saturated rings. The van der Waals surface area contributed by atoms with Gasteiger partial charge in [0, 0.05) is 22.9 Å². The number of carbonyl (C=O) groups excluding carboxylic acids is 3. The number of hydrogen-bond acceptors (Lipinski definition) is 6. The number of ether oxygens (including phenoxy) is 1. The fraction of sp³-hybridized carbons (Fsp3) is 0.250. The van der Waals surface area contributed by atoms with Gasteiger partial charge in [-0.2, -0.15) is 0 Å². The quantitative estimate of drug-likeness (QED) is 0.471. The summed E-state index contributed by atoms with van der Waals surface area (Å²) in [6.45, 7) is 4.31. The minimum atomic E-state index is -0.900. The van der Waals surface area contributed by atoms with E-state index in [-0.39, 0.29) is 18.1 Å². The number of nitrogens with zero attached hydrogens (tertiary/aromatic N) is 2. The molecule has 29 heavy (non-hydrogen) atoms. The number of amides is 2. The number of nitro benzene ring substituents is 1. The van der Waals surface area contributed by atoms with Crippen molar-refractivity contribution in [2.75, 3.05) is 16.8 Å². The fourth-order valence-electron chi connectivity index (χ4n) is 3.12. The van der Waals surface area contributed by atoms with Crippen molar-refractivity contribution in [2.45, 2.75) is 26.8 Å². The Bertz CT molecular complexity index is 1030. The molecule has 2 aromatic rings. The van der Waals surface area contributed by atoms with E-state index in [1.54, 1.807) is 26.0 Å². The van der Waals surface area contributed by atoms with E-state index in [0.29, 0.717) is 28.3 Å². The second-order valence-electron chi connectivity index (χ2n) is 6.71. The van der Waals surface area contributed by atoms with E-state index >= 15 is 0 Å². The molecular formula is C20H19N3O6. The standard InChI is InChI=1S/C20H19N3O6/c1-11-8-15(5-6-16(11)23(27)28)21-20(26)12(2)22-17-9-14(13(3)24)4-7-18(17)29-10-19(22)25/h4-9,12H,10H2,1-3H3,(H,21,26). The van der Waals surface area contributed by atoms with Crippen molar-refractivity contribution >= 4 is 34.7 Å². The normalized spacial score (nSPS) is 13.9. The van der Waals surface area contributed by atoms with Crippen molar-refractivity contribution in [3.8, 4) is 5.75 Å². The molecule has 1 aliphatic rings. The van der Waals surface area contributed by atoms with Crippen molar-refractivity contribution in [2.24, 2.45) is 0 Å². The molecular weight excluding hydrogens is 378 g/mol. The molecule has 0 bridgehead atoms. The average Bonchev–Trinajstić information content (AvgIpc) is 2.66. The van der Waals surface area contributed by atoms with Crippen LogP contribution in [0.25, 0.3) is 0 Å². The summed E-state index contributed by atoms with van der Waals surface area (Å²) in [5.74, 6) is -0.668. The Labute approximate surface area is 166 Å². The van der Waals surface area contributed by atoms with Gasteiger partial charge in [0.1, 0.15) is 11.8 Å².